The fourth-order valence-corrected chi connectivity index (χ4v) is 1.41. The molecule has 5 N–H and O–H groups in total. The van der Waals surface area contributed by atoms with Gasteiger partial charge in [0.25, 0.3) is 0 Å². The topological polar surface area (TPSA) is 64.1 Å². The molecule has 0 fully saturated rings. The molecule has 0 saturated heterocycles. The van der Waals surface area contributed by atoms with Crippen LogP contribution in [-0.2, 0) is 6.18 Å². The number of hydrogen-bond donors (Lipinski definition) is 3. The van der Waals surface area contributed by atoms with E-state index in [4.69, 9.17) is 23.1 Å². The van der Waals surface area contributed by atoms with Crippen LogP contribution in [-0.4, -0.2) is 19.1 Å². The van der Waals surface area contributed by atoms with E-state index < -0.39 is 11.7 Å². The first kappa shape index (κ1) is 14.1. The van der Waals surface area contributed by atoms with Gasteiger partial charge in [0.05, 0.1) is 10.6 Å². The predicted octanol–water partition coefficient (Wildman–Crippen LogP) is 2.06. The summed E-state index contributed by atoms with van der Waals surface area (Å²) in [4.78, 5) is 0. The van der Waals surface area contributed by atoms with Crippen molar-refractivity contribution in [2.24, 2.45) is 11.5 Å². The molecule has 0 saturated carbocycles. The predicted molar refractivity (Wildman–Crippen MR) is 62.0 cm³/mol. The maximum absolute atomic E-state index is 12.5. The van der Waals surface area contributed by atoms with Crippen LogP contribution in [0.3, 0.4) is 0 Å². The summed E-state index contributed by atoms with van der Waals surface area (Å²) in [7, 11) is 0. The molecule has 1 atom stereocenters. The monoisotopic (exact) mass is 267 g/mol. The van der Waals surface area contributed by atoms with E-state index in [1.165, 1.54) is 12.1 Å². The Morgan fingerprint density at radius 2 is 2.00 bits per heavy atom. The number of benzene rings is 1. The molecule has 0 radical (unpaired) electrons. The summed E-state index contributed by atoms with van der Waals surface area (Å²) in [5.74, 6) is 0. The second-order valence-corrected chi connectivity index (χ2v) is 3.98. The lowest BCUT2D eigenvalue weighted by Crippen LogP contribution is -2.36. The first-order valence-corrected chi connectivity index (χ1v) is 5.28. The number of hydrogen-bond acceptors (Lipinski definition) is 3. The molecule has 1 rings (SSSR count). The minimum Gasteiger partial charge on any atom is -0.383 e. The van der Waals surface area contributed by atoms with Gasteiger partial charge >= 0.3 is 6.18 Å². The second kappa shape index (κ2) is 5.57. The van der Waals surface area contributed by atoms with Crippen LogP contribution >= 0.6 is 11.6 Å². The zero-order valence-electron chi connectivity index (χ0n) is 8.89. The van der Waals surface area contributed by atoms with Crippen LogP contribution in [0.2, 0.25) is 5.02 Å². The zero-order valence-corrected chi connectivity index (χ0v) is 9.65. The number of anilines is 1. The standard InChI is InChI=1S/C10H13ClF3N3/c11-9-2-1-7(17-5-6(16)4-15)3-8(9)10(12,13)14/h1-3,6,17H,4-5,15-16H2. The fraction of sp³-hybridized carbons (Fsp3) is 0.400. The van der Waals surface area contributed by atoms with E-state index >= 15 is 0 Å². The van der Waals surface area contributed by atoms with Gasteiger partial charge < -0.3 is 16.8 Å². The molecule has 7 heteroatoms. The van der Waals surface area contributed by atoms with Crippen LogP contribution < -0.4 is 16.8 Å². The maximum Gasteiger partial charge on any atom is 0.417 e. The number of halogens is 4. The van der Waals surface area contributed by atoms with Crippen molar-refractivity contribution in [3.05, 3.63) is 28.8 Å². The van der Waals surface area contributed by atoms with Gasteiger partial charge in [-0.2, -0.15) is 13.2 Å². The summed E-state index contributed by atoms with van der Waals surface area (Å²) in [5, 5.41) is 2.44. The van der Waals surface area contributed by atoms with Gasteiger partial charge in [-0.3, -0.25) is 0 Å². The molecule has 0 aliphatic heterocycles. The first-order valence-electron chi connectivity index (χ1n) is 4.91. The first-order chi connectivity index (χ1) is 7.84. The van der Waals surface area contributed by atoms with Crippen LogP contribution in [0.4, 0.5) is 18.9 Å². The number of rotatable bonds is 4. The maximum atomic E-state index is 12.5. The van der Waals surface area contributed by atoms with Crippen molar-refractivity contribution in [3.63, 3.8) is 0 Å². The normalized spacial score (nSPS) is 13.5. The number of nitrogens with one attached hydrogen (secondary N) is 1. The van der Waals surface area contributed by atoms with Crippen LogP contribution in [0.1, 0.15) is 5.56 Å². The van der Waals surface area contributed by atoms with E-state index in [-0.39, 0.29) is 17.6 Å². The Morgan fingerprint density at radius 3 is 2.53 bits per heavy atom. The van der Waals surface area contributed by atoms with Crippen molar-refractivity contribution in [1.29, 1.82) is 0 Å². The Hall–Kier alpha value is -0.980. The number of alkyl halides is 3. The third-order valence-corrected chi connectivity index (χ3v) is 2.47. The third-order valence-electron chi connectivity index (χ3n) is 2.14. The Balaban J connectivity index is 2.82. The van der Waals surface area contributed by atoms with Crippen LogP contribution in [0, 0.1) is 0 Å². The largest absolute Gasteiger partial charge is 0.417 e. The molecule has 96 valence electrons. The molecular weight excluding hydrogens is 255 g/mol. The van der Waals surface area contributed by atoms with E-state index in [0.29, 0.717) is 12.2 Å². The molecule has 3 nitrogen and oxygen atoms in total. The van der Waals surface area contributed by atoms with E-state index in [2.05, 4.69) is 5.32 Å². The van der Waals surface area contributed by atoms with Crippen molar-refractivity contribution in [2.45, 2.75) is 12.2 Å². The van der Waals surface area contributed by atoms with Crippen LogP contribution in [0.5, 0.6) is 0 Å². The molecule has 0 amide bonds. The van der Waals surface area contributed by atoms with Crippen molar-refractivity contribution in [1.82, 2.24) is 0 Å². The Kier molecular flexibility index (Phi) is 4.62. The minimum absolute atomic E-state index is 0.257. The molecule has 1 aromatic carbocycles. The Labute approximate surface area is 102 Å². The lowest BCUT2D eigenvalue weighted by atomic mass is 10.2. The zero-order chi connectivity index (χ0) is 13.1. The van der Waals surface area contributed by atoms with Crippen molar-refractivity contribution < 1.29 is 13.2 Å². The molecule has 0 spiro atoms. The van der Waals surface area contributed by atoms with Gasteiger partial charge in [-0.15, -0.1) is 0 Å². The average Bonchev–Trinajstić information content (AvgIpc) is 2.26. The summed E-state index contributed by atoms with van der Waals surface area (Å²) < 4.78 is 37.6. The van der Waals surface area contributed by atoms with Gasteiger partial charge in [0, 0.05) is 24.8 Å². The highest BCUT2D eigenvalue weighted by Gasteiger charge is 2.33. The molecule has 0 heterocycles. The van der Waals surface area contributed by atoms with E-state index in [1.807, 2.05) is 0 Å². The van der Waals surface area contributed by atoms with Gasteiger partial charge in [-0.05, 0) is 18.2 Å². The highest BCUT2D eigenvalue weighted by atomic mass is 35.5. The highest BCUT2D eigenvalue weighted by molar-refractivity contribution is 6.31. The summed E-state index contributed by atoms with van der Waals surface area (Å²) in [6.07, 6.45) is -4.47. The summed E-state index contributed by atoms with van der Waals surface area (Å²) in [5.41, 5.74) is 10.3. The molecule has 1 unspecified atom stereocenters. The SMILES string of the molecule is NCC(N)CNc1ccc(Cl)c(C(F)(F)F)c1. The molecule has 17 heavy (non-hydrogen) atoms. The lowest BCUT2D eigenvalue weighted by Gasteiger charge is -2.14. The van der Waals surface area contributed by atoms with Gasteiger partial charge in [0.15, 0.2) is 0 Å². The molecular formula is C10H13ClF3N3. The van der Waals surface area contributed by atoms with Gasteiger partial charge in [0.1, 0.15) is 0 Å². The smallest absolute Gasteiger partial charge is 0.383 e. The van der Waals surface area contributed by atoms with Crippen LogP contribution in [0.15, 0.2) is 18.2 Å². The second-order valence-electron chi connectivity index (χ2n) is 3.57. The quantitative estimate of drug-likeness (QED) is 0.782. The van der Waals surface area contributed by atoms with Crippen LogP contribution in [0.25, 0.3) is 0 Å². The fourth-order valence-electron chi connectivity index (χ4n) is 1.18. The molecule has 1 aromatic rings. The summed E-state index contributed by atoms with van der Waals surface area (Å²) in [6.45, 7) is 0.558. The Bertz CT molecular complexity index is 382. The summed E-state index contributed by atoms with van der Waals surface area (Å²) in [6, 6.07) is 3.30. The third kappa shape index (κ3) is 4.07. The van der Waals surface area contributed by atoms with Gasteiger partial charge in [0.2, 0.25) is 0 Å². The van der Waals surface area contributed by atoms with Crippen molar-refractivity contribution >= 4 is 17.3 Å². The van der Waals surface area contributed by atoms with E-state index in [1.54, 1.807) is 0 Å². The summed E-state index contributed by atoms with van der Waals surface area (Å²) >= 11 is 5.48. The van der Waals surface area contributed by atoms with Crippen molar-refractivity contribution in [3.8, 4) is 0 Å². The van der Waals surface area contributed by atoms with E-state index in [0.717, 1.165) is 6.07 Å². The van der Waals surface area contributed by atoms with E-state index in [9.17, 15) is 13.2 Å². The number of nitrogens with two attached hydrogens (primary N) is 2. The van der Waals surface area contributed by atoms with Gasteiger partial charge in [-0.25, -0.2) is 0 Å². The highest BCUT2D eigenvalue weighted by Crippen LogP contribution is 2.36. The molecule has 0 aliphatic rings. The molecule has 0 aliphatic carbocycles. The lowest BCUT2D eigenvalue weighted by molar-refractivity contribution is -0.137. The molecule has 0 bridgehead atoms. The molecule has 0 aromatic heterocycles. The average molecular weight is 268 g/mol. The Morgan fingerprint density at radius 1 is 1.35 bits per heavy atom. The minimum atomic E-state index is -4.47. The van der Waals surface area contributed by atoms with Gasteiger partial charge in [-0.1, -0.05) is 11.6 Å². The van der Waals surface area contributed by atoms with Crippen molar-refractivity contribution in [2.75, 3.05) is 18.4 Å².